The molecule has 0 fully saturated rings. The first-order valence-corrected chi connectivity index (χ1v) is 15.3. The lowest BCUT2D eigenvalue weighted by atomic mass is 10.0. The Balaban J connectivity index is 3.09. The minimum Gasteiger partial charge on any atom is -0.508 e. The van der Waals surface area contributed by atoms with Crippen LogP contribution in [0.1, 0.15) is 39.2 Å². The minimum atomic E-state index is -1.60. The van der Waals surface area contributed by atoms with Gasteiger partial charge in [0.2, 0.25) is 29.5 Å². The number of carbonyl (C=O) groups excluding carboxylic acids is 6. The Kier molecular flexibility index (Phi) is 17.8. The summed E-state index contributed by atoms with van der Waals surface area (Å²) in [6.45, 7) is 3.11. The van der Waals surface area contributed by atoms with Crippen molar-refractivity contribution < 1.29 is 53.6 Å². The third kappa shape index (κ3) is 15.1. The van der Waals surface area contributed by atoms with Gasteiger partial charge in [-0.25, -0.2) is 0 Å². The van der Waals surface area contributed by atoms with E-state index in [9.17, 15) is 43.8 Å². The Labute approximate surface area is 277 Å². The largest absolute Gasteiger partial charge is 0.508 e. The van der Waals surface area contributed by atoms with E-state index in [-0.39, 0.29) is 31.0 Å². The van der Waals surface area contributed by atoms with Crippen LogP contribution in [0.15, 0.2) is 24.3 Å². The van der Waals surface area contributed by atoms with Gasteiger partial charge in [-0.15, -0.1) is 0 Å². The summed E-state index contributed by atoms with van der Waals surface area (Å²) in [5.41, 5.74) is 6.06. The number of hydrogen-bond donors (Lipinski definition) is 10. The number of carboxylic acid groups (broad SMARTS) is 1. The van der Waals surface area contributed by atoms with E-state index in [4.69, 9.17) is 15.6 Å². The number of hydrogen-bond acceptors (Lipinski definition) is 12. The predicted molar refractivity (Wildman–Crippen MR) is 170 cm³/mol. The molecule has 0 aliphatic rings. The molecule has 1 aromatic carbocycles. The van der Waals surface area contributed by atoms with Crippen LogP contribution in [0.3, 0.4) is 0 Å². The molecule has 0 spiro atoms. The number of aliphatic hydroxyl groups is 1. The minimum absolute atomic E-state index is 0.0196. The van der Waals surface area contributed by atoms with E-state index in [1.165, 1.54) is 31.2 Å². The average Bonchev–Trinajstić information content (AvgIpc) is 3.01. The van der Waals surface area contributed by atoms with Crippen molar-refractivity contribution >= 4 is 54.1 Å². The highest BCUT2D eigenvalue weighted by Crippen LogP contribution is 2.12. The molecule has 18 heteroatoms. The number of ether oxygens (including phenoxy) is 1. The number of phenolic OH excluding ortho intramolecular Hbond substituents is 1. The van der Waals surface area contributed by atoms with Crippen LogP contribution in [-0.4, -0.2) is 113 Å². The normalized spacial score (nSPS) is 14.0. The number of rotatable bonds is 20. The van der Waals surface area contributed by atoms with Crippen LogP contribution < -0.4 is 32.3 Å². The highest BCUT2D eigenvalue weighted by Gasteiger charge is 2.33. The van der Waals surface area contributed by atoms with Crippen LogP contribution in [-0.2, 0) is 44.7 Å². The predicted octanol–water partition coefficient (Wildman–Crippen LogP) is -2.68. The van der Waals surface area contributed by atoms with Gasteiger partial charge in [0, 0.05) is 18.6 Å². The summed E-state index contributed by atoms with van der Waals surface area (Å²) >= 11 is 3.93. The van der Waals surface area contributed by atoms with E-state index in [1.54, 1.807) is 13.8 Å². The zero-order valence-corrected chi connectivity index (χ0v) is 27.2. The summed E-state index contributed by atoms with van der Waals surface area (Å²) in [5.74, 6) is -6.58. The van der Waals surface area contributed by atoms with Crippen molar-refractivity contribution in [1.29, 1.82) is 0 Å². The molecule has 5 amide bonds. The molecule has 0 heterocycles. The molecule has 47 heavy (non-hydrogen) atoms. The molecule has 0 bridgehead atoms. The highest BCUT2D eigenvalue weighted by atomic mass is 32.1. The van der Waals surface area contributed by atoms with E-state index in [2.05, 4.69) is 39.2 Å². The number of carbonyl (C=O) groups is 7. The van der Waals surface area contributed by atoms with Crippen molar-refractivity contribution in [2.24, 2.45) is 11.7 Å². The molecule has 0 saturated carbocycles. The van der Waals surface area contributed by atoms with Crippen LogP contribution in [0.2, 0.25) is 0 Å². The lowest BCUT2D eigenvalue weighted by Gasteiger charge is -2.27. The first-order valence-electron chi connectivity index (χ1n) is 14.7. The Morgan fingerprint density at radius 3 is 1.94 bits per heavy atom. The van der Waals surface area contributed by atoms with E-state index >= 15 is 0 Å². The van der Waals surface area contributed by atoms with Crippen molar-refractivity contribution in [3.8, 4) is 5.75 Å². The molecular weight excluding hydrogens is 640 g/mol. The van der Waals surface area contributed by atoms with E-state index in [1.807, 2.05) is 0 Å². The second-order valence-corrected chi connectivity index (χ2v) is 11.3. The number of thiol groups is 1. The molecule has 0 radical (unpaired) electrons. The average molecular weight is 685 g/mol. The van der Waals surface area contributed by atoms with Crippen molar-refractivity contribution in [3.63, 3.8) is 0 Å². The molecule has 5 atom stereocenters. The number of aliphatic carboxylic acids is 1. The molecule has 0 aliphatic carbocycles. The fourth-order valence-corrected chi connectivity index (χ4v) is 4.02. The number of aliphatic hydroxyl groups excluding tert-OH is 1. The molecule has 262 valence electrons. The summed E-state index contributed by atoms with van der Waals surface area (Å²) in [7, 11) is 0. The van der Waals surface area contributed by atoms with Gasteiger partial charge in [-0.05, 0) is 37.0 Å². The van der Waals surface area contributed by atoms with Crippen molar-refractivity contribution in [2.75, 3.05) is 25.5 Å². The van der Waals surface area contributed by atoms with E-state index < -0.39 is 97.2 Å². The van der Waals surface area contributed by atoms with Crippen LogP contribution in [0.5, 0.6) is 5.75 Å². The second-order valence-electron chi connectivity index (χ2n) is 10.8. The first-order chi connectivity index (χ1) is 22.1. The molecular formula is C29H44N6O11S. The Morgan fingerprint density at radius 2 is 1.40 bits per heavy atom. The number of carboxylic acids is 1. The topological polar surface area (TPSA) is 276 Å². The van der Waals surface area contributed by atoms with E-state index in [0.29, 0.717) is 5.56 Å². The fraction of sp³-hybridized carbons (Fsp3) is 0.552. The van der Waals surface area contributed by atoms with Crippen molar-refractivity contribution in [3.05, 3.63) is 29.8 Å². The van der Waals surface area contributed by atoms with Crippen LogP contribution in [0.25, 0.3) is 0 Å². The zero-order chi connectivity index (χ0) is 35.7. The number of benzene rings is 1. The van der Waals surface area contributed by atoms with Gasteiger partial charge in [0.1, 0.15) is 43.1 Å². The molecule has 0 aromatic heterocycles. The quantitative estimate of drug-likeness (QED) is 0.0497. The number of phenols is 1. The van der Waals surface area contributed by atoms with Gasteiger partial charge >= 0.3 is 11.9 Å². The van der Waals surface area contributed by atoms with Crippen LogP contribution >= 0.6 is 12.6 Å². The van der Waals surface area contributed by atoms with Crippen LogP contribution in [0.4, 0.5) is 0 Å². The standard InChI is InChI=1S/C29H44N6O11S/c1-15(2)24(35-27(43)19(8-9-22(38)39)32-25(41)16(3)30)29(45)34-21(14-36)28(44)33-20(12-17-4-6-18(37)7-5-17)26(42)31-13-23(40)46-10-11-47/h4-7,15-16,19-21,24,36-37,47H,8-14,30H2,1-3H3,(H,31,42)(H,32,41)(H,33,44)(H,34,45)(H,35,43)(H,38,39)/t16-,19-,20-,21-,24-/m0/s1. The van der Waals surface area contributed by atoms with Gasteiger partial charge in [-0.2, -0.15) is 12.6 Å². The maximum absolute atomic E-state index is 13.2. The zero-order valence-electron chi connectivity index (χ0n) is 26.4. The highest BCUT2D eigenvalue weighted by molar-refractivity contribution is 7.80. The van der Waals surface area contributed by atoms with Gasteiger partial charge < -0.3 is 52.4 Å². The van der Waals surface area contributed by atoms with Crippen molar-refractivity contribution in [2.45, 2.75) is 70.2 Å². The van der Waals surface area contributed by atoms with Gasteiger partial charge in [-0.1, -0.05) is 26.0 Å². The van der Waals surface area contributed by atoms with E-state index in [0.717, 1.165) is 0 Å². The molecule has 10 N–H and O–H groups in total. The number of nitrogens with one attached hydrogen (secondary N) is 5. The molecule has 17 nitrogen and oxygen atoms in total. The molecule has 0 unspecified atom stereocenters. The van der Waals surface area contributed by atoms with Gasteiger partial charge in [-0.3, -0.25) is 33.6 Å². The van der Waals surface area contributed by atoms with Gasteiger partial charge in [0.15, 0.2) is 0 Å². The molecule has 1 rings (SSSR count). The van der Waals surface area contributed by atoms with Gasteiger partial charge in [0.05, 0.1) is 12.6 Å². The number of nitrogens with two attached hydrogens (primary N) is 1. The molecule has 0 aliphatic heterocycles. The number of amides is 5. The maximum Gasteiger partial charge on any atom is 0.325 e. The number of esters is 1. The smallest absolute Gasteiger partial charge is 0.325 e. The lowest BCUT2D eigenvalue weighted by Crippen LogP contribution is -2.60. The van der Waals surface area contributed by atoms with Crippen LogP contribution in [0, 0.1) is 5.92 Å². The fourth-order valence-electron chi connectivity index (χ4n) is 3.93. The Hall–Kier alpha value is -4.42. The van der Waals surface area contributed by atoms with Gasteiger partial charge in [0.25, 0.3) is 0 Å². The lowest BCUT2D eigenvalue weighted by molar-refractivity contribution is -0.143. The SMILES string of the molecule is CC(C)[C@H](NC(=O)[C@H](CCC(=O)O)NC(=O)[C@H](C)N)C(=O)N[C@@H](CO)C(=O)N[C@@H](Cc1ccc(O)cc1)C(=O)NCC(=O)OCCS. The Bertz CT molecular complexity index is 1250. The summed E-state index contributed by atoms with van der Waals surface area (Å²) in [6, 6.07) is -0.813. The maximum atomic E-state index is 13.2. The number of aromatic hydroxyl groups is 1. The summed E-state index contributed by atoms with van der Waals surface area (Å²) < 4.78 is 4.86. The van der Waals surface area contributed by atoms with Crippen molar-refractivity contribution in [1.82, 2.24) is 26.6 Å². The Morgan fingerprint density at radius 1 is 0.830 bits per heavy atom. The summed E-state index contributed by atoms with van der Waals surface area (Å²) in [4.78, 5) is 87.5. The summed E-state index contributed by atoms with van der Waals surface area (Å²) in [5, 5.41) is 40.5. The molecule has 1 aromatic rings. The summed E-state index contributed by atoms with van der Waals surface area (Å²) in [6.07, 6.45) is -0.880. The second kappa shape index (κ2) is 20.7. The molecule has 0 saturated heterocycles. The third-order valence-corrected chi connectivity index (χ3v) is 6.71. The monoisotopic (exact) mass is 684 g/mol. The first kappa shape index (κ1) is 40.6. The third-order valence-electron chi connectivity index (χ3n) is 6.53.